The monoisotopic (exact) mass is 278 g/mol. The molecule has 0 aromatic carbocycles. The molecule has 5 nitrogen and oxygen atoms in total. The highest BCUT2D eigenvalue weighted by molar-refractivity contribution is 5.93. The maximum Gasteiger partial charge on any atom is 0.254 e. The zero-order valence-corrected chi connectivity index (χ0v) is 12.9. The number of nitrogens with zero attached hydrogens (tertiary/aromatic N) is 3. The summed E-state index contributed by atoms with van der Waals surface area (Å²) < 4.78 is 1.66. The van der Waals surface area contributed by atoms with Crippen LogP contribution in [-0.4, -0.2) is 46.8 Å². The molecule has 20 heavy (non-hydrogen) atoms. The first-order valence-corrected chi connectivity index (χ1v) is 7.48. The van der Waals surface area contributed by atoms with Crippen LogP contribution in [0.1, 0.15) is 48.9 Å². The Kier molecular flexibility index (Phi) is 4.81. The van der Waals surface area contributed by atoms with Crippen LogP contribution in [0.3, 0.4) is 0 Å². The maximum atomic E-state index is 12.2. The van der Waals surface area contributed by atoms with Gasteiger partial charge in [-0.3, -0.25) is 9.48 Å². The topological polar surface area (TPSA) is 50.2 Å². The van der Waals surface area contributed by atoms with Gasteiger partial charge in [0.1, 0.15) is 0 Å². The second-order valence-electron chi connectivity index (χ2n) is 6.12. The van der Waals surface area contributed by atoms with Crippen molar-refractivity contribution in [1.82, 2.24) is 20.0 Å². The zero-order chi connectivity index (χ0) is 14.6. The molecule has 1 fully saturated rings. The number of hydrogen-bond acceptors (Lipinski definition) is 3. The summed E-state index contributed by atoms with van der Waals surface area (Å²) in [4.78, 5) is 14.5. The van der Waals surface area contributed by atoms with E-state index in [0.29, 0.717) is 12.1 Å². The van der Waals surface area contributed by atoms with Gasteiger partial charge in [-0.15, -0.1) is 0 Å². The van der Waals surface area contributed by atoms with Gasteiger partial charge in [0, 0.05) is 25.3 Å². The number of carbonyl (C=O) groups is 1. The van der Waals surface area contributed by atoms with Crippen molar-refractivity contribution in [2.24, 2.45) is 7.05 Å². The zero-order valence-electron chi connectivity index (χ0n) is 12.9. The fourth-order valence-electron chi connectivity index (χ4n) is 3.05. The van der Waals surface area contributed by atoms with Crippen molar-refractivity contribution in [1.29, 1.82) is 0 Å². The highest BCUT2D eigenvalue weighted by atomic mass is 16.1. The molecule has 1 saturated carbocycles. The van der Waals surface area contributed by atoms with Gasteiger partial charge in [0.25, 0.3) is 5.91 Å². The molecule has 0 aliphatic heterocycles. The second kappa shape index (κ2) is 6.39. The molecule has 1 aromatic heterocycles. The number of nitrogens with one attached hydrogen (secondary N) is 1. The van der Waals surface area contributed by atoms with Crippen molar-refractivity contribution < 1.29 is 4.79 Å². The summed E-state index contributed by atoms with van der Waals surface area (Å²) in [5, 5.41) is 7.14. The van der Waals surface area contributed by atoms with Crippen molar-refractivity contribution >= 4 is 5.91 Å². The number of hydrogen-bond donors (Lipinski definition) is 1. The number of likely N-dealkylation sites (N-methyl/N-ethyl adjacent to an activating group) is 1. The number of aromatic nitrogens is 2. The van der Waals surface area contributed by atoms with Gasteiger partial charge in [0.05, 0.1) is 11.8 Å². The van der Waals surface area contributed by atoms with Gasteiger partial charge in [-0.05, 0) is 26.9 Å². The molecule has 112 valence electrons. The van der Waals surface area contributed by atoms with Crippen LogP contribution in [-0.2, 0) is 7.05 Å². The van der Waals surface area contributed by atoms with Crippen molar-refractivity contribution in [3.05, 3.63) is 18.0 Å². The quantitative estimate of drug-likeness (QED) is 0.855. The Morgan fingerprint density at radius 1 is 1.35 bits per heavy atom. The fraction of sp³-hybridized carbons (Fsp3) is 0.733. The van der Waals surface area contributed by atoms with Gasteiger partial charge in [-0.25, -0.2) is 0 Å². The Hall–Kier alpha value is -1.36. The lowest BCUT2D eigenvalue weighted by molar-refractivity contribution is 0.0869. The minimum Gasteiger partial charge on any atom is -0.350 e. The van der Waals surface area contributed by atoms with E-state index >= 15 is 0 Å². The SMILES string of the molecule is CN(C)C1(CNC(=O)c2cnn(C)c2)CCCCCC1. The molecule has 1 N–H and O–H groups in total. The van der Waals surface area contributed by atoms with Gasteiger partial charge in [-0.2, -0.15) is 5.10 Å². The highest BCUT2D eigenvalue weighted by Gasteiger charge is 2.33. The van der Waals surface area contributed by atoms with E-state index in [4.69, 9.17) is 0 Å². The Morgan fingerprint density at radius 2 is 2.00 bits per heavy atom. The molecule has 1 aliphatic rings. The molecule has 0 unspecified atom stereocenters. The van der Waals surface area contributed by atoms with Gasteiger partial charge in [0.2, 0.25) is 0 Å². The van der Waals surface area contributed by atoms with E-state index in [1.165, 1.54) is 25.7 Å². The average Bonchev–Trinajstić information content (AvgIpc) is 2.71. The van der Waals surface area contributed by atoms with Crippen LogP contribution in [0.25, 0.3) is 0 Å². The van der Waals surface area contributed by atoms with Crippen LogP contribution in [0.4, 0.5) is 0 Å². The van der Waals surface area contributed by atoms with E-state index in [0.717, 1.165) is 12.8 Å². The van der Waals surface area contributed by atoms with Gasteiger partial charge >= 0.3 is 0 Å². The van der Waals surface area contributed by atoms with Crippen LogP contribution in [0.15, 0.2) is 12.4 Å². The van der Waals surface area contributed by atoms with Gasteiger partial charge in [0.15, 0.2) is 0 Å². The summed E-state index contributed by atoms with van der Waals surface area (Å²) in [7, 11) is 6.08. The van der Waals surface area contributed by atoms with Crippen molar-refractivity contribution in [3.63, 3.8) is 0 Å². The Labute approximate surface area is 121 Å². The van der Waals surface area contributed by atoms with Crippen molar-refractivity contribution in [3.8, 4) is 0 Å². The summed E-state index contributed by atoms with van der Waals surface area (Å²) in [6.45, 7) is 0.716. The molecule has 0 radical (unpaired) electrons. The minimum absolute atomic E-state index is 0.0245. The lowest BCUT2D eigenvalue weighted by Gasteiger charge is -2.39. The smallest absolute Gasteiger partial charge is 0.254 e. The van der Waals surface area contributed by atoms with Crippen LogP contribution in [0, 0.1) is 0 Å². The molecule has 5 heteroatoms. The molecule has 0 spiro atoms. The van der Waals surface area contributed by atoms with E-state index in [2.05, 4.69) is 29.4 Å². The largest absolute Gasteiger partial charge is 0.350 e. The van der Waals surface area contributed by atoms with E-state index in [9.17, 15) is 4.79 Å². The third-order valence-electron chi connectivity index (χ3n) is 4.53. The van der Waals surface area contributed by atoms with Crippen LogP contribution < -0.4 is 5.32 Å². The first-order chi connectivity index (χ1) is 9.53. The predicted molar refractivity (Wildman–Crippen MR) is 79.7 cm³/mol. The molecule has 0 saturated heterocycles. The molecule has 0 bridgehead atoms. The number of rotatable bonds is 4. The standard InChI is InChI=1S/C15H26N4O/c1-18(2)15(8-6-4-5-7-9-15)12-16-14(20)13-10-17-19(3)11-13/h10-11H,4-9,12H2,1-3H3,(H,16,20). The first kappa shape index (κ1) is 15.0. The van der Waals surface area contributed by atoms with E-state index in [1.807, 2.05) is 7.05 Å². The van der Waals surface area contributed by atoms with E-state index < -0.39 is 0 Å². The lowest BCUT2D eigenvalue weighted by atomic mass is 9.88. The molecule has 0 atom stereocenters. The second-order valence-corrected chi connectivity index (χ2v) is 6.12. The van der Waals surface area contributed by atoms with Crippen molar-refractivity contribution in [2.45, 2.75) is 44.1 Å². The maximum absolute atomic E-state index is 12.2. The Balaban J connectivity index is 2.00. The fourth-order valence-corrected chi connectivity index (χ4v) is 3.05. The van der Waals surface area contributed by atoms with Crippen LogP contribution >= 0.6 is 0 Å². The van der Waals surface area contributed by atoms with Crippen LogP contribution in [0.2, 0.25) is 0 Å². The van der Waals surface area contributed by atoms with Gasteiger partial charge < -0.3 is 10.2 Å². The van der Waals surface area contributed by atoms with E-state index in [-0.39, 0.29) is 11.4 Å². The summed E-state index contributed by atoms with van der Waals surface area (Å²) in [5.74, 6) is -0.0245. The third-order valence-corrected chi connectivity index (χ3v) is 4.53. The third kappa shape index (κ3) is 3.39. The summed E-state index contributed by atoms with van der Waals surface area (Å²) >= 11 is 0. The van der Waals surface area contributed by atoms with Crippen LogP contribution in [0.5, 0.6) is 0 Å². The lowest BCUT2D eigenvalue weighted by Crippen LogP contribution is -2.52. The normalized spacial score (nSPS) is 18.8. The average molecular weight is 278 g/mol. The highest BCUT2D eigenvalue weighted by Crippen LogP contribution is 2.30. The number of amides is 1. The number of carbonyl (C=O) groups excluding carboxylic acids is 1. The Bertz CT molecular complexity index is 444. The molecule has 1 amide bonds. The van der Waals surface area contributed by atoms with Gasteiger partial charge in [-0.1, -0.05) is 25.7 Å². The first-order valence-electron chi connectivity index (χ1n) is 7.48. The summed E-state index contributed by atoms with van der Waals surface area (Å²) in [5.41, 5.74) is 0.740. The minimum atomic E-state index is -0.0245. The molecule has 2 rings (SSSR count). The Morgan fingerprint density at radius 3 is 2.50 bits per heavy atom. The number of aryl methyl sites for hydroxylation is 1. The summed E-state index contributed by atoms with van der Waals surface area (Å²) in [6, 6.07) is 0. The molecule has 1 aromatic rings. The van der Waals surface area contributed by atoms with E-state index in [1.54, 1.807) is 17.1 Å². The molecular formula is C15H26N4O. The molecular weight excluding hydrogens is 252 g/mol. The molecule has 1 aliphatic carbocycles. The van der Waals surface area contributed by atoms with Crippen molar-refractivity contribution in [2.75, 3.05) is 20.6 Å². The molecule has 1 heterocycles. The predicted octanol–water partition coefficient (Wildman–Crippen LogP) is 1.80. The summed E-state index contributed by atoms with van der Waals surface area (Å²) in [6.07, 6.45) is 10.8.